The number of hydrogen-bond donors (Lipinski definition) is 5. The molecule has 0 aliphatic carbocycles. The third-order valence-electron chi connectivity index (χ3n) is 1.85. The zero-order valence-electron chi connectivity index (χ0n) is 9.43. The fourth-order valence-corrected chi connectivity index (χ4v) is 5.44. The summed E-state index contributed by atoms with van der Waals surface area (Å²) < 4.78 is 18.0. The van der Waals surface area contributed by atoms with Gasteiger partial charge in [0.1, 0.15) is 11.3 Å². The standard InChI is InChI=1S/C7H9O10P3/c8-7(9)5-3-1-2-4-6(5)14-18-15-19(10,11)17-20(12,13)16-18/h1-4,10-13H,(H,8,9). The molecule has 1 aliphatic rings. The van der Waals surface area contributed by atoms with Gasteiger partial charge in [0.25, 0.3) is 0 Å². The molecule has 10 nitrogen and oxygen atoms in total. The van der Waals surface area contributed by atoms with E-state index < -0.39 is 30.9 Å². The number of carbonyl (C=O) groups is 1. The second-order valence-electron chi connectivity index (χ2n) is 3.34. The van der Waals surface area contributed by atoms with Crippen LogP contribution in [0, 0.1) is 0 Å². The Kier molecular flexibility index (Phi) is 4.53. The molecule has 0 atom stereocenters. The van der Waals surface area contributed by atoms with Crippen LogP contribution in [-0.4, -0.2) is 30.6 Å². The fourth-order valence-electron chi connectivity index (χ4n) is 1.19. The molecule has 13 heteroatoms. The highest BCUT2D eigenvalue weighted by molar-refractivity contribution is 7.77. The quantitative estimate of drug-likeness (QED) is 0.507. The summed E-state index contributed by atoms with van der Waals surface area (Å²) in [5.74, 6) is -1.50. The third kappa shape index (κ3) is 4.00. The van der Waals surface area contributed by atoms with E-state index in [2.05, 4.69) is 12.9 Å². The first kappa shape index (κ1) is 15.9. The molecule has 0 amide bonds. The first-order valence-electron chi connectivity index (χ1n) is 4.79. The first-order valence-corrected chi connectivity index (χ1v) is 8.94. The molecule has 1 heterocycles. The number of hydrogen-bond acceptors (Lipinski definition) is 9. The topological polar surface area (TPSA) is 155 Å². The minimum Gasteiger partial charge on any atom is -0.478 e. The van der Waals surface area contributed by atoms with Crippen molar-refractivity contribution in [1.29, 1.82) is 0 Å². The van der Waals surface area contributed by atoms with Crippen LogP contribution in [-0.2, 0) is 12.9 Å². The molecule has 1 aromatic carbocycles. The summed E-state index contributed by atoms with van der Waals surface area (Å²) in [5, 5.41) is 8.94. The van der Waals surface area contributed by atoms with E-state index in [1.54, 1.807) is 0 Å². The number of para-hydroxylation sites is 1. The maximum Gasteiger partial charge on any atom is 0.414 e. The van der Waals surface area contributed by atoms with E-state index in [0.29, 0.717) is 0 Å². The number of rotatable bonds is 3. The Bertz CT molecular complexity index is 503. The number of carboxylic acid groups (broad SMARTS) is 1. The molecule has 112 valence electrons. The smallest absolute Gasteiger partial charge is 0.414 e. The molecule has 1 fully saturated rings. The largest absolute Gasteiger partial charge is 0.478 e. The lowest BCUT2D eigenvalue weighted by Crippen LogP contribution is -2.12. The SMILES string of the molecule is O=C(O)c1ccccc1OP1O[P](O)(O)O[P](O)(O)O1. The highest BCUT2D eigenvalue weighted by Crippen LogP contribution is 2.82. The van der Waals surface area contributed by atoms with Crippen LogP contribution in [0.1, 0.15) is 10.4 Å². The summed E-state index contributed by atoms with van der Waals surface area (Å²) in [4.78, 5) is 47.8. The number of aromatic carboxylic acids is 1. The summed E-state index contributed by atoms with van der Waals surface area (Å²) in [6, 6.07) is 5.39. The second kappa shape index (κ2) is 5.71. The van der Waals surface area contributed by atoms with Crippen LogP contribution >= 0.6 is 24.9 Å². The van der Waals surface area contributed by atoms with Crippen molar-refractivity contribution in [3.05, 3.63) is 29.8 Å². The molecular formula is C7H9O10P3. The van der Waals surface area contributed by atoms with Gasteiger partial charge in [-0.2, -0.15) is 0 Å². The molecule has 0 aromatic heterocycles. The lowest BCUT2D eigenvalue weighted by atomic mass is 10.2. The summed E-state index contributed by atoms with van der Waals surface area (Å²) in [5.41, 5.74) is -0.242. The van der Waals surface area contributed by atoms with Crippen molar-refractivity contribution in [2.24, 2.45) is 0 Å². The first-order chi connectivity index (χ1) is 9.19. The van der Waals surface area contributed by atoms with Crippen molar-refractivity contribution in [3.8, 4) is 5.75 Å². The van der Waals surface area contributed by atoms with E-state index >= 15 is 0 Å². The van der Waals surface area contributed by atoms with Crippen molar-refractivity contribution in [2.75, 3.05) is 0 Å². The Hall–Kier alpha value is -0.500. The van der Waals surface area contributed by atoms with Crippen LogP contribution in [0.4, 0.5) is 0 Å². The lowest BCUT2D eigenvalue weighted by molar-refractivity contribution is 0.0695. The Morgan fingerprint density at radius 3 is 2.20 bits per heavy atom. The predicted molar refractivity (Wildman–Crippen MR) is 66.9 cm³/mol. The van der Waals surface area contributed by atoms with Gasteiger partial charge in [0.05, 0.1) is 0 Å². The van der Waals surface area contributed by atoms with Gasteiger partial charge in [-0.15, -0.1) is 0 Å². The minimum absolute atomic E-state index is 0.201. The van der Waals surface area contributed by atoms with Crippen molar-refractivity contribution >= 4 is 30.9 Å². The van der Waals surface area contributed by atoms with Crippen molar-refractivity contribution in [3.63, 3.8) is 0 Å². The van der Waals surface area contributed by atoms with Crippen molar-refractivity contribution in [2.45, 2.75) is 0 Å². The maximum atomic E-state index is 11.0. The summed E-state index contributed by atoms with van der Waals surface area (Å²) in [7, 11) is -11.7. The van der Waals surface area contributed by atoms with Crippen molar-refractivity contribution in [1.82, 2.24) is 0 Å². The molecule has 1 saturated heterocycles. The molecule has 0 unspecified atom stereocenters. The van der Waals surface area contributed by atoms with Gasteiger partial charge < -0.3 is 29.2 Å². The predicted octanol–water partition coefficient (Wildman–Crippen LogP) is 1.38. The van der Waals surface area contributed by atoms with Crippen LogP contribution in [0.3, 0.4) is 0 Å². The van der Waals surface area contributed by atoms with Gasteiger partial charge in [-0.3, -0.25) is 0 Å². The average molecular weight is 346 g/mol. The summed E-state index contributed by atoms with van der Waals surface area (Å²) >= 11 is 0. The summed E-state index contributed by atoms with van der Waals surface area (Å²) in [6.07, 6.45) is 0. The van der Waals surface area contributed by atoms with Gasteiger partial charge in [0.15, 0.2) is 0 Å². The number of carboxylic acids is 1. The van der Waals surface area contributed by atoms with Crippen LogP contribution in [0.2, 0.25) is 0 Å². The van der Waals surface area contributed by atoms with Gasteiger partial charge >= 0.3 is 30.9 Å². The third-order valence-corrected chi connectivity index (χ3v) is 6.67. The molecular weight excluding hydrogens is 337 g/mol. The molecule has 0 bridgehead atoms. The molecule has 2 rings (SSSR count). The number of benzene rings is 1. The van der Waals surface area contributed by atoms with Gasteiger partial charge in [-0.25, -0.2) is 17.7 Å². The zero-order chi connectivity index (χ0) is 15.0. The molecule has 0 saturated carbocycles. The Labute approximate surface area is 114 Å². The zero-order valence-corrected chi connectivity index (χ0v) is 12.1. The Balaban J connectivity index is 2.20. The highest BCUT2D eigenvalue weighted by atomic mass is 31.4. The lowest BCUT2D eigenvalue weighted by Gasteiger charge is -2.36. The average Bonchev–Trinajstić information content (AvgIpc) is 2.24. The van der Waals surface area contributed by atoms with Crippen LogP contribution < -0.4 is 4.52 Å². The monoisotopic (exact) mass is 346 g/mol. The highest BCUT2D eigenvalue weighted by Gasteiger charge is 2.51. The molecule has 20 heavy (non-hydrogen) atoms. The fraction of sp³-hybridized carbons (Fsp3) is 0. The maximum absolute atomic E-state index is 11.0. The molecule has 1 aliphatic heterocycles. The van der Waals surface area contributed by atoms with Gasteiger partial charge in [-0.1, -0.05) is 12.1 Å². The molecule has 0 spiro atoms. The van der Waals surface area contributed by atoms with Gasteiger partial charge in [-0.05, 0) is 12.1 Å². The van der Waals surface area contributed by atoms with E-state index in [4.69, 9.17) is 9.63 Å². The van der Waals surface area contributed by atoms with Gasteiger partial charge in [0, 0.05) is 0 Å². The van der Waals surface area contributed by atoms with Gasteiger partial charge in [0.2, 0.25) is 0 Å². The van der Waals surface area contributed by atoms with E-state index in [-0.39, 0.29) is 11.3 Å². The molecule has 1 aromatic rings. The minimum atomic E-state index is -4.51. The van der Waals surface area contributed by atoms with E-state index in [0.717, 1.165) is 0 Å². The van der Waals surface area contributed by atoms with Crippen LogP contribution in [0.5, 0.6) is 5.75 Å². The molecule has 2 radical (unpaired) electrons. The van der Waals surface area contributed by atoms with E-state index in [9.17, 15) is 24.4 Å². The van der Waals surface area contributed by atoms with Crippen LogP contribution in [0.25, 0.3) is 0 Å². The second-order valence-corrected chi connectivity index (χ2v) is 7.89. The normalized spacial score (nSPS) is 21.4. The van der Waals surface area contributed by atoms with Crippen LogP contribution in [0.15, 0.2) is 24.3 Å². The van der Waals surface area contributed by atoms with Crippen molar-refractivity contribution < 1.29 is 46.9 Å². The molecule has 5 N–H and O–H groups in total. The van der Waals surface area contributed by atoms with E-state index in [1.165, 1.54) is 24.3 Å². The van der Waals surface area contributed by atoms with E-state index in [1.807, 2.05) is 0 Å². The summed E-state index contributed by atoms with van der Waals surface area (Å²) in [6.45, 7) is 0. The Morgan fingerprint density at radius 1 is 1.10 bits per heavy atom. The Morgan fingerprint density at radius 2 is 1.65 bits per heavy atom.